The number of rotatable bonds is 2. The zero-order chi connectivity index (χ0) is 7.72. The van der Waals surface area contributed by atoms with Crippen LogP contribution in [0.4, 0.5) is 0 Å². The maximum atomic E-state index is 10.5. The number of carbonyl (C=O) groups is 2. The molecule has 1 rings (SSSR count). The van der Waals surface area contributed by atoms with Crippen molar-refractivity contribution in [1.82, 2.24) is 0 Å². The molecule has 0 unspecified atom stereocenters. The monoisotopic (exact) mass is 180 g/mol. The van der Waals surface area contributed by atoms with Crippen molar-refractivity contribution in [2.75, 3.05) is 0 Å². The van der Waals surface area contributed by atoms with Crippen LogP contribution in [-0.2, 0) is 9.59 Å². The molecule has 0 aliphatic heterocycles. The molecule has 0 bridgehead atoms. The molecule has 1 saturated carbocycles. The van der Waals surface area contributed by atoms with Gasteiger partial charge < -0.3 is 0 Å². The molecule has 0 saturated heterocycles. The first-order valence-electron chi connectivity index (χ1n) is 3.01. The van der Waals surface area contributed by atoms with Gasteiger partial charge in [-0.2, -0.15) is 0 Å². The first-order chi connectivity index (χ1) is 4.63. The Labute approximate surface area is 68.5 Å². The van der Waals surface area contributed by atoms with Gasteiger partial charge in [-0.25, -0.2) is 0 Å². The zero-order valence-electron chi connectivity index (χ0n) is 5.14. The molecule has 56 valence electrons. The summed E-state index contributed by atoms with van der Waals surface area (Å²) in [7, 11) is 0. The van der Waals surface area contributed by atoms with Crippen molar-refractivity contribution >= 4 is 33.7 Å². The van der Waals surface area contributed by atoms with Crippen LogP contribution >= 0.6 is 23.2 Å². The standard InChI is InChI=1S/C6H6Cl2O2/c7-5(9)3-1-2-4(3)6(8)10/h3-4H,1-2H2/t3-,4-/m1/s1. The summed E-state index contributed by atoms with van der Waals surface area (Å²) in [6, 6.07) is 0. The van der Waals surface area contributed by atoms with E-state index < -0.39 is 10.5 Å². The van der Waals surface area contributed by atoms with E-state index in [0.717, 1.165) is 0 Å². The first kappa shape index (κ1) is 8.02. The quantitative estimate of drug-likeness (QED) is 0.605. The van der Waals surface area contributed by atoms with Gasteiger partial charge in [0.2, 0.25) is 10.5 Å². The summed E-state index contributed by atoms with van der Waals surface area (Å²) in [6.07, 6.45) is 1.40. The van der Waals surface area contributed by atoms with E-state index in [1.807, 2.05) is 0 Å². The molecule has 1 aliphatic rings. The van der Waals surface area contributed by atoms with Gasteiger partial charge in [0.25, 0.3) is 0 Å². The average molecular weight is 181 g/mol. The fourth-order valence-electron chi connectivity index (χ4n) is 1.04. The Hall–Kier alpha value is -0.0800. The van der Waals surface area contributed by atoms with Gasteiger partial charge in [-0.3, -0.25) is 9.59 Å². The highest BCUT2D eigenvalue weighted by Gasteiger charge is 2.39. The highest BCUT2D eigenvalue weighted by atomic mass is 35.5. The summed E-state index contributed by atoms with van der Waals surface area (Å²) in [5.41, 5.74) is 0. The minimum Gasteiger partial charge on any atom is -0.281 e. The van der Waals surface area contributed by atoms with Crippen LogP contribution in [0.25, 0.3) is 0 Å². The molecular formula is C6H6Cl2O2. The summed E-state index contributed by atoms with van der Waals surface area (Å²) in [4.78, 5) is 21.0. The Bertz CT molecular complexity index is 159. The summed E-state index contributed by atoms with van der Waals surface area (Å²) < 4.78 is 0. The molecule has 0 amide bonds. The third-order valence-electron chi connectivity index (χ3n) is 1.86. The van der Waals surface area contributed by atoms with E-state index in [-0.39, 0.29) is 11.8 Å². The number of carbonyl (C=O) groups excluding carboxylic acids is 2. The SMILES string of the molecule is O=C(Cl)[C@@H]1CC[C@H]1C(=O)Cl. The molecule has 1 aliphatic carbocycles. The van der Waals surface area contributed by atoms with E-state index in [1.165, 1.54) is 0 Å². The lowest BCUT2D eigenvalue weighted by Crippen LogP contribution is -2.34. The molecule has 0 aromatic heterocycles. The number of hydrogen-bond acceptors (Lipinski definition) is 2. The van der Waals surface area contributed by atoms with Crippen molar-refractivity contribution in [3.05, 3.63) is 0 Å². The van der Waals surface area contributed by atoms with E-state index in [0.29, 0.717) is 12.8 Å². The largest absolute Gasteiger partial charge is 0.281 e. The van der Waals surface area contributed by atoms with E-state index >= 15 is 0 Å². The van der Waals surface area contributed by atoms with E-state index in [2.05, 4.69) is 0 Å². The normalized spacial score (nSPS) is 31.0. The first-order valence-corrected chi connectivity index (χ1v) is 3.77. The van der Waals surface area contributed by atoms with Gasteiger partial charge in [-0.15, -0.1) is 0 Å². The molecule has 10 heavy (non-hydrogen) atoms. The Morgan fingerprint density at radius 2 is 1.30 bits per heavy atom. The van der Waals surface area contributed by atoms with Crippen molar-refractivity contribution in [2.45, 2.75) is 12.8 Å². The molecule has 2 atom stereocenters. The van der Waals surface area contributed by atoms with Crippen molar-refractivity contribution in [3.63, 3.8) is 0 Å². The van der Waals surface area contributed by atoms with Gasteiger partial charge in [0.05, 0.1) is 0 Å². The highest BCUT2D eigenvalue weighted by molar-refractivity contribution is 6.67. The fraction of sp³-hybridized carbons (Fsp3) is 0.667. The second-order valence-electron chi connectivity index (χ2n) is 2.40. The molecule has 4 heteroatoms. The topological polar surface area (TPSA) is 34.1 Å². The summed E-state index contributed by atoms with van der Waals surface area (Å²) in [5, 5.41) is -0.879. The zero-order valence-corrected chi connectivity index (χ0v) is 6.65. The summed E-state index contributed by atoms with van der Waals surface area (Å²) in [5.74, 6) is -0.627. The van der Waals surface area contributed by atoms with Crippen LogP contribution in [0.1, 0.15) is 12.8 Å². The van der Waals surface area contributed by atoms with Crippen LogP contribution in [0.15, 0.2) is 0 Å². The summed E-state index contributed by atoms with van der Waals surface area (Å²) >= 11 is 10.3. The van der Waals surface area contributed by atoms with Crippen LogP contribution in [0, 0.1) is 11.8 Å². The van der Waals surface area contributed by atoms with E-state index in [9.17, 15) is 9.59 Å². The Morgan fingerprint density at radius 1 is 1.00 bits per heavy atom. The Balaban J connectivity index is 2.51. The molecule has 1 fully saturated rings. The van der Waals surface area contributed by atoms with Crippen LogP contribution in [0.2, 0.25) is 0 Å². The maximum Gasteiger partial charge on any atom is 0.225 e. The van der Waals surface area contributed by atoms with Crippen LogP contribution < -0.4 is 0 Å². The molecule has 0 aromatic rings. The minimum atomic E-state index is -0.440. The Kier molecular flexibility index (Phi) is 2.32. The molecule has 0 N–H and O–H groups in total. The third kappa shape index (κ3) is 1.32. The van der Waals surface area contributed by atoms with Crippen molar-refractivity contribution < 1.29 is 9.59 Å². The minimum absolute atomic E-state index is 0.313. The smallest absolute Gasteiger partial charge is 0.225 e. The van der Waals surface area contributed by atoms with Crippen LogP contribution in [0.5, 0.6) is 0 Å². The van der Waals surface area contributed by atoms with Crippen molar-refractivity contribution in [3.8, 4) is 0 Å². The lowest BCUT2D eigenvalue weighted by Gasteiger charge is -2.30. The summed E-state index contributed by atoms with van der Waals surface area (Å²) in [6.45, 7) is 0. The van der Waals surface area contributed by atoms with Crippen LogP contribution in [0.3, 0.4) is 0 Å². The van der Waals surface area contributed by atoms with Crippen LogP contribution in [-0.4, -0.2) is 10.5 Å². The van der Waals surface area contributed by atoms with Gasteiger partial charge in [0, 0.05) is 11.8 Å². The molecule has 0 heterocycles. The van der Waals surface area contributed by atoms with Crippen molar-refractivity contribution in [1.29, 1.82) is 0 Å². The molecule has 2 nitrogen and oxygen atoms in total. The predicted molar refractivity (Wildman–Crippen MR) is 37.9 cm³/mol. The molecule has 0 radical (unpaired) electrons. The highest BCUT2D eigenvalue weighted by Crippen LogP contribution is 2.37. The van der Waals surface area contributed by atoms with Gasteiger partial charge >= 0.3 is 0 Å². The molecule has 0 spiro atoms. The van der Waals surface area contributed by atoms with Gasteiger partial charge in [-0.05, 0) is 36.0 Å². The molecule has 0 aromatic carbocycles. The van der Waals surface area contributed by atoms with E-state index in [4.69, 9.17) is 23.2 Å². The Morgan fingerprint density at radius 3 is 1.40 bits per heavy atom. The number of hydrogen-bond donors (Lipinski definition) is 0. The predicted octanol–water partition coefficient (Wildman–Crippen LogP) is 1.54. The van der Waals surface area contributed by atoms with Gasteiger partial charge in [0.1, 0.15) is 0 Å². The fourth-order valence-corrected chi connectivity index (χ4v) is 1.57. The van der Waals surface area contributed by atoms with Crippen molar-refractivity contribution in [2.24, 2.45) is 11.8 Å². The maximum absolute atomic E-state index is 10.5. The van der Waals surface area contributed by atoms with E-state index in [1.54, 1.807) is 0 Å². The van der Waals surface area contributed by atoms with Gasteiger partial charge in [-0.1, -0.05) is 0 Å². The lowest BCUT2D eigenvalue weighted by molar-refractivity contribution is -0.128. The number of halogens is 2. The third-order valence-corrected chi connectivity index (χ3v) is 2.42. The second-order valence-corrected chi connectivity index (χ2v) is 3.14. The van der Waals surface area contributed by atoms with Gasteiger partial charge in [0.15, 0.2) is 0 Å². The molecular weight excluding hydrogens is 175 g/mol. The average Bonchev–Trinajstić information content (AvgIpc) is 1.56. The second kappa shape index (κ2) is 2.89. The lowest BCUT2D eigenvalue weighted by atomic mass is 9.75.